The largest absolute Gasteiger partial charge is 0.507 e. The highest BCUT2D eigenvalue weighted by Gasteiger charge is 2.47. The second kappa shape index (κ2) is 10.2. The van der Waals surface area contributed by atoms with Crippen molar-refractivity contribution in [3.8, 4) is 11.5 Å². The summed E-state index contributed by atoms with van der Waals surface area (Å²) in [5.41, 5.74) is 1.75. The summed E-state index contributed by atoms with van der Waals surface area (Å²) in [4.78, 5) is 28.4. The van der Waals surface area contributed by atoms with Crippen LogP contribution in [0.15, 0.2) is 96.6 Å². The number of hydrogen-bond acceptors (Lipinski definition) is 5. The Balaban J connectivity index is 1.70. The van der Waals surface area contributed by atoms with Crippen LogP contribution in [0.4, 0.5) is 5.69 Å². The summed E-state index contributed by atoms with van der Waals surface area (Å²) in [5.74, 6) is -0.366. The Morgan fingerprint density at radius 3 is 2.24 bits per heavy atom. The number of aliphatic hydroxyl groups excluding tert-OH is 1. The van der Waals surface area contributed by atoms with Crippen LogP contribution in [0.25, 0.3) is 16.5 Å². The predicted octanol–water partition coefficient (Wildman–Crippen LogP) is 6.26. The van der Waals surface area contributed by atoms with E-state index in [0.717, 1.165) is 22.8 Å². The first-order chi connectivity index (χ1) is 18.0. The average Bonchev–Trinajstić information content (AvgIpc) is 3.21. The van der Waals surface area contributed by atoms with Crippen LogP contribution in [0.5, 0.6) is 11.5 Å². The van der Waals surface area contributed by atoms with Gasteiger partial charge in [-0.25, -0.2) is 0 Å². The number of amides is 1. The summed E-state index contributed by atoms with van der Waals surface area (Å²) in [5, 5.41) is 13.3. The van der Waals surface area contributed by atoms with Crippen LogP contribution in [-0.4, -0.2) is 30.5 Å². The van der Waals surface area contributed by atoms with Gasteiger partial charge in [-0.2, -0.15) is 0 Å². The van der Waals surface area contributed by atoms with Crippen molar-refractivity contribution in [2.24, 2.45) is 0 Å². The molecule has 1 fully saturated rings. The van der Waals surface area contributed by atoms with Crippen molar-refractivity contribution in [2.45, 2.75) is 19.4 Å². The number of aliphatic hydroxyl groups is 1. The van der Waals surface area contributed by atoms with E-state index < -0.39 is 17.7 Å². The lowest BCUT2D eigenvalue weighted by atomic mass is 9.91. The molecule has 6 heteroatoms. The van der Waals surface area contributed by atoms with E-state index in [1.807, 2.05) is 49.4 Å². The zero-order valence-electron chi connectivity index (χ0n) is 20.7. The lowest BCUT2D eigenvalue weighted by Gasteiger charge is -2.26. The zero-order chi connectivity index (χ0) is 25.9. The SMILES string of the molecule is CCCOc1ccc(/C(O)=C2/C(=O)C(=O)N(c3ccc(OC)cc3)C2c2cccc3ccccc23)cc1. The fourth-order valence-electron chi connectivity index (χ4n) is 4.71. The summed E-state index contributed by atoms with van der Waals surface area (Å²) in [7, 11) is 1.57. The van der Waals surface area contributed by atoms with E-state index in [0.29, 0.717) is 29.4 Å². The van der Waals surface area contributed by atoms with Gasteiger partial charge in [0, 0.05) is 11.3 Å². The van der Waals surface area contributed by atoms with Crippen LogP contribution < -0.4 is 14.4 Å². The number of anilines is 1. The van der Waals surface area contributed by atoms with E-state index in [-0.39, 0.29) is 11.3 Å². The van der Waals surface area contributed by atoms with E-state index in [2.05, 4.69) is 0 Å². The number of Topliss-reactive ketones (excluding diaryl/α,β-unsaturated/α-hetero) is 1. The summed E-state index contributed by atoms with van der Waals surface area (Å²) in [6.07, 6.45) is 0.877. The molecule has 0 radical (unpaired) electrons. The van der Waals surface area contributed by atoms with Gasteiger partial charge in [-0.3, -0.25) is 14.5 Å². The molecule has 1 unspecified atom stereocenters. The molecule has 1 N–H and O–H groups in total. The molecule has 4 aromatic carbocycles. The maximum Gasteiger partial charge on any atom is 0.300 e. The molecule has 1 aliphatic rings. The fraction of sp³-hybridized carbons (Fsp3) is 0.161. The van der Waals surface area contributed by atoms with E-state index in [4.69, 9.17) is 9.47 Å². The van der Waals surface area contributed by atoms with Crippen LogP contribution in [0.2, 0.25) is 0 Å². The number of benzene rings is 4. The molecule has 4 aromatic rings. The maximum absolute atomic E-state index is 13.5. The number of ether oxygens (including phenoxy) is 2. The third kappa shape index (κ3) is 4.42. The van der Waals surface area contributed by atoms with Gasteiger partial charge in [-0.15, -0.1) is 0 Å². The second-order valence-corrected chi connectivity index (χ2v) is 8.81. The van der Waals surface area contributed by atoms with Crippen molar-refractivity contribution in [1.29, 1.82) is 0 Å². The van der Waals surface area contributed by atoms with Crippen LogP contribution in [0.3, 0.4) is 0 Å². The Morgan fingerprint density at radius 2 is 1.54 bits per heavy atom. The molecule has 37 heavy (non-hydrogen) atoms. The molecule has 0 saturated carbocycles. The molecule has 1 aliphatic heterocycles. The van der Waals surface area contributed by atoms with Gasteiger partial charge in [-0.05, 0) is 71.3 Å². The first-order valence-corrected chi connectivity index (χ1v) is 12.2. The summed E-state index contributed by atoms with van der Waals surface area (Å²) in [6, 6.07) is 26.6. The van der Waals surface area contributed by atoms with Crippen LogP contribution in [0, 0.1) is 0 Å². The Hall–Kier alpha value is -4.58. The highest BCUT2D eigenvalue weighted by Crippen LogP contribution is 2.44. The van der Waals surface area contributed by atoms with E-state index in [9.17, 15) is 14.7 Å². The van der Waals surface area contributed by atoms with Crippen molar-refractivity contribution < 1.29 is 24.2 Å². The van der Waals surface area contributed by atoms with E-state index in [1.165, 1.54) is 4.90 Å². The topological polar surface area (TPSA) is 76.1 Å². The Kier molecular flexibility index (Phi) is 6.64. The monoisotopic (exact) mass is 493 g/mol. The van der Waals surface area contributed by atoms with Crippen LogP contribution in [-0.2, 0) is 9.59 Å². The molecule has 1 atom stereocenters. The molecule has 1 amide bonds. The number of fused-ring (bicyclic) bond motifs is 1. The Bertz CT molecular complexity index is 1480. The van der Waals surface area contributed by atoms with E-state index in [1.54, 1.807) is 55.6 Å². The van der Waals surface area contributed by atoms with Crippen molar-refractivity contribution in [1.82, 2.24) is 0 Å². The highest BCUT2D eigenvalue weighted by molar-refractivity contribution is 6.51. The lowest BCUT2D eigenvalue weighted by Crippen LogP contribution is -2.29. The molecular formula is C31H27NO5. The fourth-order valence-corrected chi connectivity index (χ4v) is 4.71. The van der Waals surface area contributed by atoms with E-state index >= 15 is 0 Å². The second-order valence-electron chi connectivity index (χ2n) is 8.81. The molecule has 0 aromatic heterocycles. The number of hydrogen-bond donors (Lipinski definition) is 1. The molecule has 0 aliphatic carbocycles. The standard InChI is InChI=1S/C31H27NO5/c1-3-19-37-24-15-11-21(12-16-24)29(33)27-28(26-10-6-8-20-7-4-5-9-25(20)26)32(31(35)30(27)34)22-13-17-23(36-2)18-14-22/h4-18,28,33H,3,19H2,1-2H3/b29-27-. The predicted molar refractivity (Wildman–Crippen MR) is 144 cm³/mol. The molecular weight excluding hydrogens is 466 g/mol. The first-order valence-electron chi connectivity index (χ1n) is 12.2. The van der Waals surface area contributed by atoms with Crippen LogP contribution in [0.1, 0.15) is 30.5 Å². The number of rotatable bonds is 7. The number of nitrogens with zero attached hydrogens (tertiary/aromatic N) is 1. The Morgan fingerprint density at radius 1 is 0.865 bits per heavy atom. The molecule has 5 rings (SSSR count). The normalized spacial score (nSPS) is 16.8. The highest BCUT2D eigenvalue weighted by atomic mass is 16.5. The minimum Gasteiger partial charge on any atom is -0.507 e. The smallest absolute Gasteiger partial charge is 0.300 e. The summed E-state index contributed by atoms with van der Waals surface area (Å²) >= 11 is 0. The van der Waals surface area contributed by atoms with Gasteiger partial charge in [0.25, 0.3) is 11.7 Å². The maximum atomic E-state index is 13.5. The summed E-state index contributed by atoms with van der Waals surface area (Å²) < 4.78 is 10.9. The van der Waals surface area contributed by atoms with Gasteiger partial charge in [0.15, 0.2) is 0 Å². The van der Waals surface area contributed by atoms with Gasteiger partial charge < -0.3 is 14.6 Å². The quantitative estimate of drug-likeness (QED) is 0.187. The zero-order valence-corrected chi connectivity index (χ0v) is 20.7. The molecule has 0 bridgehead atoms. The van der Waals surface area contributed by atoms with Gasteiger partial charge in [0.2, 0.25) is 0 Å². The van der Waals surface area contributed by atoms with Gasteiger partial charge >= 0.3 is 0 Å². The minimum atomic E-state index is -0.824. The van der Waals surface area contributed by atoms with Crippen LogP contribution >= 0.6 is 0 Å². The number of carbonyl (C=O) groups excluding carboxylic acids is 2. The van der Waals surface area contributed by atoms with Crippen molar-refractivity contribution in [3.63, 3.8) is 0 Å². The molecule has 186 valence electrons. The Labute approximate surface area is 215 Å². The van der Waals surface area contributed by atoms with Crippen molar-refractivity contribution in [2.75, 3.05) is 18.6 Å². The summed E-state index contributed by atoms with van der Waals surface area (Å²) in [6.45, 7) is 2.61. The number of carbonyl (C=O) groups is 2. The molecule has 6 nitrogen and oxygen atoms in total. The molecule has 0 spiro atoms. The average molecular weight is 494 g/mol. The third-order valence-corrected chi connectivity index (χ3v) is 6.51. The van der Waals surface area contributed by atoms with Gasteiger partial charge in [-0.1, -0.05) is 49.4 Å². The lowest BCUT2D eigenvalue weighted by molar-refractivity contribution is -0.132. The van der Waals surface area contributed by atoms with Gasteiger partial charge in [0.05, 0.1) is 25.3 Å². The minimum absolute atomic E-state index is 0.0411. The third-order valence-electron chi connectivity index (χ3n) is 6.51. The van der Waals surface area contributed by atoms with Gasteiger partial charge in [0.1, 0.15) is 17.3 Å². The number of ketones is 1. The van der Waals surface area contributed by atoms with Crippen molar-refractivity contribution >= 4 is 33.9 Å². The number of methoxy groups -OCH3 is 1. The molecule has 1 heterocycles. The first kappa shape index (κ1) is 24.1. The van der Waals surface area contributed by atoms with Crippen molar-refractivity contribution in [3.05, 3.63) is 108 Å². The molecule has 1 saturated heterocycles.